The van der Waals surface area contributed by atoms with E-state index >= 15 is 0 Å². The van der Waals surface area contributed by atoms with Crippen LogP contribution in [-0.2, 0) is 4.79 Å². The zero-order valence-corrected chi connectivity index (χ0v) is 12.6. The Morgan fingerprint density at radius 1 is 1.26 bits per heavy atom. The molecule has 0 N–H and O–H groups in total. The van der Waals surface area contributed by atoms with Gasteiger partial charge in [0.25, 0.3) is 0 Å². The molecule has 0 saturated carbocycles. The molecule has 1 aromatic rings. The Morgan fingerprint density at radius 3 is 2.47 bits per heavy atom. The van der Waals surface area contributed by atoms with Gasteiger partial charge in [0, 0.05) is 18.7 Å². The molecule has 1 aromatic carbocycles. The Morgan fingerprint density at radius 2 is 1.89 bits per heavy atom. The molecule has 0 aliphatic carbocycles. The molecule has 1 aliphatic heterocycles. The van der Waals surface area contributed by atoms with Crippen LogP contribution < -0.4 is 4.90 Å². The summed E-state index contributed by atoms with van der Waals surface area (Å²) in [7, 11) is 0. The molecule has 19 heavy (non-hydrogen) atoms. The van der Waals surface area contributed by atoms with Crippen LogP contribution in [0, 0.1) is 18.3 Å². The number of amides is 1. The van der Waals surface area contributed by atoms with Crippen molar-refractivity contribution in [3.63, 3.8) is 0 Å². The summed E-state index contributed by atoms with van der Waals surface area (Å²) in [5.41, 5.74) is 2.40. The molecule has 0 bridgehead atoms. The van der Waals surface area contributed by atoms with Gasteiger partial charge < -0.3 is 4.90 Å². The van der Waals surface area contributed by atoms with Gasteiger partial charge in [0.2, 0.25) is 5.91 Å². The van der Waals surface area contributed by atoms with E-state index in [1.54, 1.807) is 0 Å². The number of carbonyl (C=O) groups is 1. The molecule has 0 radical (unpaired) electrons. The molecular weight excluding hydrogens is 234 g/mol. The van der Waals surface area contributed by atoms with E-state index in [1.165, 1.54) is 5.56 Å². The standard InChI is InChI=1S/C17H25NO/c1-5-14-10-17(3,4)11-16(19)18(12-14)15-8-6-13(2)7-9-15/h6-9,14H,5,10-12H2,1-4H3. The molecule has 1 unspecified atom stereocenters. The van der Waals surface area contributed by atoms with E-state index in [0.717, 1.165) is 25.1 Å². The normalized spacial score (nSPS) is 23.3. The van der Waals surface area contributed by atoms with Crippen molar-refractivity contribution < 1.29 is 4.79 Å². The van der Waals surface area contributed by atoms with E-state index in [-0.39, 0.29) is 11.3 Å². The van der Waals surface area contributed by atoms with Crippen LogP contribution in [0.4, 0.5) is 5.69 Å². The van der Waals surface area contributed by atoms with Crippen LogP contribution in [0.1, 0.15) is 45.6 Å². The smallest absolute Gasteiger partial charge is 0.227 e. The fourth-order valence-electron chi connectivity index (χ4n) is 3.03. The first kappa shape index (κ1) is 14.1. The minimum absolute atomic E-state index is 0.122. The van der Waals surface area contributed by atoms with Crippen LogP contribution >= 0.6 is 0 Å². The monoisotopic (exact) mass is 259 g/mol. The molecule has 1 aliphatic rings. The van der Waals surface area contributed by atoms with Gasteiger partial charge in [-0.3, -0.25) is 4.79 Å². The maximum atomic E-state index is 12.5. The summed E-state index contributed by atoms with van der Waals surface area (Å²) in [6, 6.07) is 8.30. The Hall–Kier alpha value is -1.31. The van der Waals surface area contributed by atoms with Crippen LogP contribution in [-0.4, -0.2) is 12.5 Å². The lowest BCUT2D eigenvalue weighted by atomic mass is 9.80. The maximum absolute atomic E-state index is 12.5. The highest BCUT2D eigenvalue weighted by Crippen LogP contribution is 2.36. The second-order valence-corrected chi connectivity index (χ2v) is 6.66. The molecule has 0 aromatic heterocycles. The molecule has 1 saturated heterocycles. The summed E-state index contributed by atoms with van der Waals surface area (Å²) in [6.45, 7) is 9.59. The predicted octanol–water partition coefficient (Wildman–Crippen LogP) is 4.17. The zero-order valence-electron chi connectivity index (χ0n) is 12.6. The minimum Gasteiger partial charge on any atom is -0.312 e. The van der Waals surface area contributed by atoms with E-state index < -0.39 is 0 Å². The van der Waals surface area contributed by atoms with Gasteiger partial charge in [-0.15, -0.1) is 0 Å². The van der Waals surface area contributed by atoms with E-state index in [4.69, 9.17) is 0 Å². The average Bonchev–Trinajstić information content (AvgIpc) is 2.45. The van der Waals surface area contributed by atoms with Gasteiger partial charge in [-0.05, 0) is 36.8 Å². The highest BCUT2D eigenvalue weighted by molar-refractivity contribution is 5.94. The number of aryl methyl sites for hydroxylation is 1. The van der Waals surface area contributed by atoms with Crippen molar-refractivity contribution in [3.8, 4) is 0 Å². The molecule has 1 heterocycles. The maximum Gasteiger partial charge on any atom is 0.227 e. The SMILES string of the molecule is CCC1CN(c2ccc(C)cc2)C(=O)CC(C)(C)C1. The van der Waals surface area contributed by atoms with Gasteiger partial charge in [-0.2, -0.15) is 0 Å². The Labute approximate surface area is 116 Å². The second kappa shape index (κ2) is 5.36. The van der Waals surface area contributed by atoms with Crippen molar-refractivity contribution in [2.75, 3.05) is 11.4 Å². The lowest BCUT2D eigenvalue weighted by Gasteiger charge is -2.24. The number of anilines is 1. The highest BCUT2D eigenvalue weighted by atomic mass is 16.2. The Kier molecular flexibility index (Phi) is 3.98. The third-order valence-corrected chi connectivity index (χ3v) is 4.14. The molecule has 2 nitrogen and oxygen atoms in total. The van der Waals surface area contributed by atoms with Gasteiger partial charge in [0.15, 0.2) is 0 Å². The first-order valence-corrected chi connectivity index (χ1v) is 7.28. The van der Waals surface area contributed by atoms with E-state index in [1.807, 2.05) is 4.90 Å². The summed E-state index contributed by atoms with van der Waals surface area (Å²) in [5.74, 6) is 0.868. The summed E-state index contributed by atoms with van der Waals surface area (Å²) in [5, 5.41) is 0. The lowest BCUT2D eigenvalue weighted by molar-refractivity contribution is -0.120. The third-order valence-electron chi connectivity index (χ3n) is 4.14. The van der Waals surface area contributed by atoms with Crippen LogP contribution in [0.15, 0.2) is 24.3 Å². The summed E-state index contributed by atoms with van der Waals surface area (Å²) in [6.07, 6.45) is 2.92. The molecule has 0 spiro atoms. The third kappa shape index (κ3) is 3.37. The van der Waals surface area contributed by atoms with Crippen LogP contribution in [0.25, 0.3) is 0 Å². The molecular formula is C17H25NO. The van der Waals surface area contributed by atoms with Crippen LogP contribution in [0.3, 0.4) is 0 Å². The van der Waals surface area contributed by atoms with Crippen molar-refractivity contribution in [2.24, 2.45) is 11.3 Å². The van der Waals surface area contributed by atoms with Crippen molar-refractivity contribution in [1.29, 1.82) is 0 Å². The minimum atomic E-state index is 0.122. The molecule has 104 valence electrons. The first-order chi connectivity index (χ1) is 8.91. The average molecular weight is 259 g/mol. The molecule has 1 atom stereocenters. The number of benzene rings is 1. The van der Waals surface area contributed by atoms with E-state index in [0.29, 0.717) is 12.3 Å². The molecule has 2 rings (SSSR count). The van der Waals surface area contributed by atoms with E-state index in [9.17, 15) is 4.79 Å². The van der Waals surface area contributed by atoms with Gasteiger partial charge in [-0.1, -0.05) is 44.9 Å². The van der Waals surface area contributed by atoms with Crippen molar-refractivity contribution in [3.05, 3.63) is 29.8 Å². The Bertz CT molecular complexity index is 447. The summed E-state index contributed by atoms with van der Waals surface area (Å²) in [4.78, 5) is 14.5. The number of rotatable bonds is 2. The quantitative estimate of drug-likeness (QED) is 0.780. The van der Waals surface area contributed by atoms with Gasteiger partial charge in [-0.25, -0.2) is 0 Å². The summed E-state index contributed by atoms with van der Waals surface area (Å²) >= 11 is 0. The topological polar surface area (TPSA) is 20.3 Å². The lowest BCUT2D eigenvalue weighted by Crippen LogP contribution is -2.33. The Balaban J connectivity index is 2.28. The van der Waals surface area contributed by atoms with Gasteiger partial charge in [0.05, 0.1) is 0 Å². The molecule has 1 fully saturated rings. The van der Waals surface area contributed by atoms with Crippen LogP contribution in [0.5, 0.6) is 0 Å². The number of hydrogen-bond donors (Lipinski definition) is 0. The number of hydrogen-bond acceptors (Lipinski definition) is 1. The predicted molar refractivity (Wildman–Crippen MR) is 80.3 cm³/mol. The van der Waals surface area contributed by atoms with Gasteiger partial charge in [0.1, 0.15) is 0 Å². The first-order valence-electron chi connectivity index (χ1n) is 7.28. The van der Waals surface area contributed by atoms with Crippen molar-refractivity contribution in [2.45, 2.75) is 47.0 Å². The molecule has 2 heteroatoms. The van der Waals surface area contributed by atoms with E-state index in [2.05, 4.69) is 52.0 Å². The highest BCUT2D eigenvalue weighted by Gasteiger charge is 2.33. The summed E-state index contributed by atoms with van der Waals surface area (Å²) < 4.78 is 0. The number of nitrogens with zero attached hydrogens (tertiary/aromatic N) is 1. The number of carbonyl (C=O) groups excluding carboxylic acids is 1. The largest absolute Gasteiger partial charge is 0.312 e. The second-order valence-electron chi connectivity index (χ2n) is 6.66. The van der Waals surface area contributed by atoms with Gasteiger partial charge >= 0.3 is 0 Å². The van der Waals surface area contributed by atoms with Crippen molar-refractivity contribution >= 4 is 11.6 Å². The molecule has 1 amide bonds. The zero-order chi connectivity index (χ0) is 14.0. The fraction of sp³-hybridized carbons (Fsp3) is 0.588. The fourth-order valence-corrected chi connectivity index (χ4v) is 3.03. The van der Waals surface area contributed by atoms with Crippen molar-refractivity contribution in [1.82, 2.24) is 0 Å². The van der Waals surface area contributed by atoms with Crippen LogP contribution in [0.2, 0.25) is 0 Å².